The Morgan fingerprint density at radius 1 is 0.933 bits per heavy atom. The lowest BCUT2D eigenvalue weighted by Crippen LogP contribution is -2.14. The zero-order valence-corrected chi connectivity index (χ0v) is 17.9. The van der Waals surface area contributed by atoms with Gasteiger partial charge in [-0.2, -0.15) is 0 Å². The van der Waals surface area contributed by atoms with E-state index < -0.39 is 10.0 Å². The Hall–Kier alpha value is -3.32. The summed E-state index contributed by atoms with van der Waals surface area (Å²) in [4.78, 5) is 12.7. The maximum absolute atomic E-state index is 12.6. The van der Waals surface area contributed by atoms with Gasteiger partial charge in [0.1, 0.15) is 5.75 Å². The molecule has 0 heterocycles. The van der Waals surface area contributed by atoms with Crippen molar-refractivity contribution in [3.8, 4) is 5.75 Å². The number of hydrogen-bond donors (Lipinski definition) is 2. The van der Waals surface area contributed by atoms with Gasteiger partial charge in [0.05, 0.1) is 11.0 Å². The normalized spacial score (nSPS) is 11.2. The first-order chi connectivity index (χ1) is 14.2. The summed E-state index contributed by atoms with van der Waals surface area (Å²) in [6, 6.07) is 19.8. The molecular weight excluding hydrogens is 400 g/mol. The predicted octanol–water partition coefficient (Wildman–Crippen LogP) is 4.84. The first-order valence-corrected chi connectivity index (χ1v) is 11.0. The quantitative estimate of drug-likeness (QED) is 0.569. The number of anilines is 2. The number of ether oxygens (including phenoxy) is 1. The molecule has 6 nitrogen and oxygen atoms in total. The zero-order valence-electron chi connectivity index (χ0n) is 17.0. The standard InChI is InChI=1S/C23H24N2O4S/c1-16(2)29-20-13-14-22(17(3)15-20)24-23(26)18-9-11-19(12-10-18)25-30(27,28)21-7-5-4-6-8-21/h4-16,25H,1-3H3,(H,24,26). The summed E-state index contributed by atoms with van der Waals surface area (Å²) in [6.45, 7) is 5.80. The van der Waals surface area contributed by atoms with Crippen LogP contribution in [-0.4, -0.2) is 20.4 Å². The minimum absolute atomic E-state index is 0.0719. The van der Waals surface area contributed by atoms with Gasteiger partial charge in [0, 0.05) is 16.9 Å². The third-order valence-electron chi connectivity index (χ3n) is 4.27. The van der Waals surface area contributed by atoms with E-state index in [0.717, 1.165) is 11.3 Å². The highest BCUT2D eigenvalue weighted by Gasteiger charge is 2.14. The molecule has 156 valence electrons. The van der Waals surface area contributed by atoms with Crippen LogP contribution in [0.4, 0.5) is 11.4 Å². The molecule has 3 rings (SSSR count). The van der Waals surface area contributed by atoms with Crippen LogP contribution >= 0.6 is 0 Å². The van der Waals surface area contributed by atoms with Gasteiger partial charge in [-0.25, -0.2) is 8.42 Å². The first-order valence-electron chi connectivity index (χ1n) is 9.51. The van der Waals surface area contributed by atoms with Crippen LogP contribution in [-0.2, 0) is 10.0 Å². The summed E-state index contributed by atoms with van der Waals surface area (Å²) in [5.41, 5.74) is 2.36. The summed E-state index contributed by atoms with van der Waals surface area (Å²) in [5.74, 6) is 0.462. The SMILES string of the molecule is Cc1cc(OC(C)C)ccc1NC(=O)c1ccc(NS(=O)(=O)c2ccccc2)cc1. The van der Waals surface area contributed by atoms with Crippen molar-refractivity contribution >= 4 is 27.3 Å². The lowest BCUT2D eigenvalue weighted by Gasteiger charge is -2.13. The average Bonchev–Trinajstić information content (AvgIpc) is 2.70. The van der Waals surface area contributed by atoms with E-state index in [2.05, 4.69) is 10.0 Å². The Balaban J connectivity index is 1.68. The molecule has 0 fully saturated rings. The second-order valence-corrected chi connectivity index (χ2v) is 8.78. The molecular formula is C23H24N2O4S. The molecule has 3 aromatic rings. The molecule has 0 aliphatic heterocycles. The average molecular weight is 425 g/mol. The summed E-state index contributed by atoms with van der Waals surface area (Å²) < 4.78 is 32.9. The summed E-state index contributed by atoms with van der Waals surface area (Å²) in [6.07, 6.45) is 0.0719. The number of sulfonamides is 1. The molecule has 0 aliphatic rings. The van der Waals surface area contributed by atoms with Crippen molar-refractivity contribution in [1.82, 2.24) is 0 Å². The smallest absolute Gasteiger partial charge is 0.261 e. The highest BCUT2D eigenvalue weighted by Crippen LogP contribution is 2.23. The van der Waals surface area contributed by atoms with Gasteiger partial charge in [-0.1, -0.05) is 18.2 Å². The van der Waals surface area contributed by atoms with E-state index in [0.29, 0.717) is 16.9 Å². The van der Waals surface area contributed by atoms with Crippen molar-refractivity contribution in [2.75, 3.05) is 10.0 Å². The second-order valence-electron chi connectivity index (χ2n) is 7.09. The van der Waals surface area contributed by atoms with Crippen molar-refractivity contribution in [2.45, 2.75) is 31.8 Å². The van der Waals surface area contributed by atoms with Crippen molar-refractivity contribution in [2.24, 2.45) is 0 Å². The van der Waals surface area contributed by atoms with E-state index >= 15 is 0 Å². The second kappa shape index (κ2) is 9.00. The van der Waals surface area contributed by atoms with Crippen molar-refractivity contribution < 1.29 is 17.9 Å². The molecule has 30 heavy (non-hydrogen) atoms. The Bertz CT molecular complexity index is 1130. The van der Waals surface area contributed by atoms with Crippen LogP contribution in [0.1, 0.15) is 29.8 Å². The van der Waals surface area contributed by atoms with Crippen LogP contribution in [0.3, 0.4) is 0 Å². The predicted molar refractivity (Wildman–Crippen MR) is 119 cm³/mol. The van der Waals surface area contributed by atoms with Crippen LogP contribution in [0.15, 0.2) is 77.7 Å². The Morgan fingerprint density at radius 3 is 2.20 bits per heavy atom. The molecule has 0 bridgehead atoms. The monoisotopic (exact) mass is 424 g/mol. The molecule has 0 radical (unpaired) electrons. The van der Waals surface area contributed by atoms with Gasteiger partial charge in [-0.05, 0) is 80.9 Å². The molecule has 0 spiro atoms. The number of hydrogen-bond acceptors (Lipinski definition) is 4. The number of rotatable bonds is 7. The van der Waals surface area contributed by atoms with Gasteiger partial charge in [-0.3, -0.25) is 9.52 Å². The summed E-state index contributed by atoms with van der Waals surface area (Å²) in [5, 5.41) is 2.87. The molecule has 7 heteroatoms. The van der Waals surface area contributed by atoms with E-state index in [9.17, 15) is 13.2 Å². The van der Waals surface area contributed by atoms with Crippen LogP contribution in [0, 0.1) is 6.92 Å². The maximum Gasteiger partial charge on any atom is 0.261 e. The molecule has 0 unspecified atom stereocenters. The van der Waals surface area contributed by atoms with Gasteiger partial charge >= 0.3 is 0 Å². The van der Waals surface area contributed by atoms with Crippen LogP contribution < -0.4 is 14.8 Å². The fourth-order valence-corrected chi connectivity index (χ4v) is 3.90. The Labute approximate surface area is 177 Å². The maximum atomic E-state index is 12.6. The van der Waals surface area contributed by atoms with E-state index in [1.54, 1.807) is 48.5 Å². The summed E-state index contributed by atoms with van der Waals surface area (Å²) in [7, 11) is -3.68. The molecule has 2 N–H and O–H groups in total. The summed E-state index contributed by atoms with van der Waals surface area (Å²) >= 11 is 0. The van der Waals surface area contributed by atoms with E-state index in [-0.39, 0.29) is 16.9 Å². The molecule has 0 saturated heterocycles. The van der Waals surface area contributed by atoms with Crippen molar-refractivity contribution in [3.05, 3.63) is 83.9 Å². The first kappa shape index (κ1) is 21.4. The lowest BCUT2D eigenvalue weighted by molar-refractivity contribution is 0.102. The van der Waals surface area contributed by atoms with Crippen LogP contribution in [0.5, 0.6) is 5.75 Å². The molecule has 1 amide bonds. The van der Waals surface area contributed by atoms with Gasteiger partial charge in [0.25, 0.3) is 15.9 Å². The van der Waals surface area contributed by atoms with Crippen LogP contribution in [0.25, 0.3) is 0 Å². The molecule has 0 saturated carbocycles. The molecule has 0 aliphatic carbocycles. The van der Waals surface area contributed by atoms with Gasteiger partial charge in [0.2, 0.25) is 0 Å². The minimum atomic E-state index is -3.68. The van der Waals surface area contributed by atoms with E-state index in [1.165, 1.54) is 12.1 Å². The van der Waals surface area contributed by atoms with Gasteiger partial charge < -0.3 is 10.1 Å². The third-order valence-corrected chi connectivity index (χ3v) is 5.67. The molecule has 3 aromatic carbocycles. The Morgan fingerprint density at radius 2 is 1.60 bits per heavy atom. The fourth-order valence-electron chi connectivity index (χ4n) is 2.82. The molecule has 0 aromatic heterocycles. The lowest BCUT2D eigenvalue weighted by atomic mass is 10.1. The van der Waals surface area contributed by atoms with E-state index in [1.807, 2.05) is 32.9 Å². The minimum Gasteiger partial charge on any atom is -0.491 e. The topological polar surface area (TPSA) is 84.5 Å². The number of carbonyl (C=O) groups is 1. The highest BCUT2D eigenvalue weighted by molar-refractivity contribution is 7.92. The van der Waals surface area contributed by atoms with Crippen molar-refractivity contribution in [1.29, 1.82) is 0 Å². The fraction of sp³-hybridized carbons (Fsp3) is 0.174. The number of aryl methyl sites for hydroxylation is 1. The Kier molecular flexibility index (Phi) is 6.42. The largest absolute Gasteiger partial charge is 0.491 e. The highest BCUT2D eigenvalue weighted by atomic mass is 32.2. The zero-order chi connectivity index (χ0) is 21.7. The van der Waals surface area contributed by atoms with Crippen LogP contribution in [0.2, 0.25) is 0 Å². The molecule has 0 atom stereocenters. The number of carbonyl (C=O) groups excluding carboxylic acids is 1. The van der Waals surface area contributed by atoms with Crippen molar-refractivity contribution in [3.63, 3.8) is 0 Å². The van der Waals surface area contributed by atoms with E-state index in [4.69, 9.17) is 4.74 Å². The van der Waals surface area contributed by atoms with Gasteiger partial charge in [0.15, 0.2) is 0 Å². The van der Waals surface area contributed by atoms with Gasteiger partial charge in [-0.15, -0.1) is 0 Å². The third kappa shape index (κ3) is 5.39. The number of nitrogens with one attached hydrogen (secondary N) is 2. The number of benzene rings is 3. The number of amides is 1.